The minimum atomic E-state index is -0.0934. The fourth-order valence-corrected chi connectivity index (χ4v) is 3.98. The number of hydrogen-bond acceptors (Lipinski definition) is 2. The number of benzene rings is 3. The first-order chi connectivity index (χ1) is 16.6. The molecule has 5 rings (SSSR count). The highest BCUT2D eigenvalue weighted by molar-refractivity contribution is 6.36. The van der Waals surface area contributed by atoms with E-state index in [2.05, 4.69) is 71.6 Å². The van der Waals surface area contributed by atoms with Crippen LogP contribution in [0, 0.1) is 6.92 Å². The van der Waals surface area contributed by atoms with Gasteiger partial charge in [0.1, 0.15) is 0 Å². The molecule has 170 valence electrons. The summed E-state index contributed by atoms with van der Waals surface area (Å²) in [6.07, 6.45) is 3.74. The van der Waals surface area contributed by atoms with Crippen molar-refractivity contribution < 1.29 is 4.79 Å². The van der Waals surface area contributed by atoms with Gasteiger partial charge in [0, 0.05) is 34.5 Å². The van der Waals surface area contributed by atoms with Gasteiger partial charge in [-0.1, -0.05) is 74.5 Å². The lowest BCUT2D eigenvalue weighted by Gasteiger charge is -2.13. The number of H-pyrrole nitrogens is 1. The SMILES string of the molecule is C=C(Nc1cccc(-c2cccc3c2/C(=C/c2ccc[nH]2)C(=O)N3)c1)c1ccc(C)cc1.CC. The topological polar surface area (TPSA) is 56.9 Å². The van der Waals surface area contributed by atoms with Crippen LogP contribution in [0.2, 0.25) is 0 Å². The summed E-state index contributed by atoms with van der Waals surface area (Å²) in [6, 6.07) is 26.3. The molecule has 1 aliphatic rings. The molecule has 3 N–H and O–H groups in total. The van der Waals surface area contributed by atoms with Crippen molar-refractivity contribution in [2.45, 2.75) is 20.8 Å². The Balaban J connectivity index is 0.00000133. The second kappa shape index (κ2) is 10.1. The van der Waals surface area contributed by atoms with Crippen LogP contribution >= 0.6 is 0 Å². The maximum atomic E-state index is 12.7. The van der Waals surface area contributed by atoms with Gasteiger partial charge in [0.25, 0.3) is 5.91 Å². The van der Waals surface area contributed by atoms with Crippen LogP contribution in [0.5, 0.6) is 0 Å². The van der Waals surface area contributed by atoms with Gasteiger partial charge in [0.05, 0.1) is 5.57 Å². The van der Waals surface area contributed by atoms with Crippen LogP contribution in [0.15, 0.2) is 91.6 Å². The molecule has 0 saturated heterocycles. The molecular formula is C30H29N3O. The fraction of sp³-hybridized carbons (Fsp3) is 0.100. The number of carbonyl (C=O) groups excluding carboxylic acids is 1. The first-order valence-electron chi connectivity index (χ1n) is 11.5. The first-order valence-corrected chi connectivity index (χ1v) is 11.5. The Morgan fingerprint density at radius 1 is 0.941 bits per heavy atom. The van der Waals surface area contributed by atoms with E-state index in [1.165, 1.54) is 5.56 Å². The second-order valence-electron chi connectivity index (χ2n) is 7.92. The lowest BCUT2D eigenvalue weighted by atomic mass is 9.94. The Bertz CT molecular complexity index is 1350. The summed E-state index contributed by atoms with van der Waals surface area (Å²) in [5.74, 6) is -0.0934. The molecule has 0 aliphatic carbocycles. The molecule has 0 atom stereocenters. The van der Waals surface area contributed by atoms with Crippen LogP contribution < -0.4 is 10.6 Å². The molecule has 0 spiro atoms. The molecule has 1 amide bonds. The Hall–Kier alpha value is -4.31. The number of aromatic amines is 1. The van der Waals surface area contributed by atoms with Crippen molar-refractivity contribution in [3.05, 3.63) is 114 Å². The van der Waals surface area contributed by atoms with Gasteiger partial charge >= 0.3 is 0 Å². The summed E-state index contributed by atoms with van der Waals surface area (Å²) in [4.78, 5) is 15.9. The molecule has 4 nitrogen and oxygen atoms in total. The predicted octanol–water partition coefficient (Wildman–Crippen LogP) is 7.59. The molecular weight excluding hydrogens is 418 g/mol. The van der Waals surface area contributed by atoms with Gasteiger partial charge in [-0.2, -0.15) is 0 Å². The predicted molar refractivity (Wildman–Crippen MR) is 144 cm³/mol. The van der Waals surface area contributed by atoms with Crippen molar-refractivity contribution in [3.8, 4) is 11.1 Å². The quantitative estimate of drug-likeness (QED) is 0.276. The van der Waals surface area contributed by atoms with E-state index < -0.39 is 0 Å². The number of rotatable bonds is 5. The van der Waals surface area contributed by atoms with E-state index in [1.54, 1.807) is 0 Å². The number of fused-ring (bicyclic) bond motifs is 1. The summed E-state index contributed by atoms with van der Waals surface area (Å²) >= 11 is 0. The average molecular weight is 448 g/mol. The molecule has 0 saturated carbocycles. The van der Waals surface area contributed by atoms with E-state index in [0.29, 0.717) is 5.57 Å². The van der Waals surface area contributed by atoms with Crippen molar-refractivity contribution in [1.82, 2.24) is 4.98 Å². The Morgan fingerprint density at radius 3 is 2.44 bits per heavy atom. The van der Waals surface area contributed by atoms with Crippen LogP contribution in [-0.2, 0) is 4.79 Å². The first kappa shape index (κ1) is 22.9. The molecule has 0 bridgehead atoms. The van der Waals surface area contributed by atoms with Gasteiger partial charge in [-0.05, 0) is 60.0 Å². The average Bonchev–Trinajstić information content (AvgIpc) is 3.49. The lowest BCUT2D eigenvalue weighted by molar-refractivity contribution is -0.110. The van der Waals surface area contributed by atoms with E-state index in [1.807, 2.05) is 62.5 Å². The highest BCUT2D eigenvalue weighted by Gasteiger charge is 2.27. The van der Waals surface area contributed by atoms with Crippen molar-refractivity contribution >= 4 is 34.6 Å². The summed E-state index contributed by atoms with van der Waals surface area (Å²) in [5.41, 5.74) is 9.36. The van der Waals surface area contributed by atoms with Gasteiger partial charge in [-0.25, -0.2) is 0 Å². The molecule has 2 heterocycles. The van der Waals surface area contributed by atoms with Crippen LogP contribution in [0.1, 0.15) is 36.2 Å². The van der Waals surface area contributed by atoms with Crippen LogP contribution in [0.25, 0.3) is 28.5 Å². The van der Waals surface area contributed by atoms with Crippen LogP contribution in [0.4, 0.5) is 11.4 Å². The Morgan fingerprint density at radius 2 is 1.71 bits per heavy atom. The van der Waals surface area contributed by atoms with Gasteiger partial charge in [0.2, 0.25) is 0 Å². The third kappa shape index (κ3) is 4.71. The minimum Gasteiger partial charge on any atom is -0.362 e. The zero-order valence-electron chi connectivity index (χ0n) is 19.8. The highest BCUT2D eigenvalue weighted by Crippen LogP contribution is 2.40. The van der Waals surface area contributed by atoms with Crippen molar-refractivity contribution in [3.63, 3.8) is 0 Å². The number of hydrogen-bond donors (Lipinski definition) is 3. The second-order valence-corrected chi connectivity index (χ2v) is 7.92. The number of amides is 1. The van der Waals surface area contributed by atoms with E-state index in [0.717, 1.165) is 45.0 Å². The van der Waals surface area contributed by atoms with Crippen LogP contribution in [-0.4, -0.2) is 10.9 Å². The van der Waals surface area contributed by atoms with Crippen LogP contribution in [0.3, 0.4) is 0 Å². The molecule has 4 aromatic rings. The largest absolute Gasteiger partial charge is 0.362 e. The highest BCUT2D eigenvalue weighted by atomic mass is 16.2. The molecule has 4 heteroatoms. The molecule has 34 heavy (non-hydrogen) atoms. The van der Waals surface area contributed by atoms with Crippen molar-refractivity contribution in [1.29, 1.82) is 0 Å². The van der Waals surface area contributed by atoms with E-state index in [9.17, 15) is 4.79 Å². The molecule has 0 unspecified atom stereocenters. The van der Waals surface area contributed by atoms with Gasteiger partial charge < -0.3 is 15.6 Å². The zero-order chi connectivity index (χ0) is 24.1. The smallest absolute Gasteiger partial charge is 0.256 e. The Labute approximate surface area is 201 Å². The maximum Gasteiger partial charge on any atom is 0.256 e. The fourth-order valence-electron chi connectivity index (χ4n) is 3.98. The number of carbonyl (C=O) groups is 1. The van der Waals surface area contributed by atoms with Crippen molar-refractivity contribution in [2.75, 3.05) is 10.6 Å². The summed E-state index contributed by atoms with van der Waals surface area (Å²) in [7, 11) is 0. The summed E-state index contributed by atoms with van der Waals surface area (Å²) in [5, 5.41) is 6.41. The maximum absolute atomic E-state index is 12.7. The standard InChI is InChI=1S/C28H23N3O.C2H6/c1-18-11-13-20(14-12-18)19(2)30-23-7-3-6-21(16-23)24-9-4-10-26-27(24)25(28(32)31-26)17-22-8-5-15-29-22;1-2/h3-17,29-30H,2H2,1H3,(H,31,32);1-2H3/b25-17-;. The van der Waals surface area contributed by atoms with Gasteiger partial charge in [-0.15, -0.1) is 0 Å². The number of anilines is 2. The lowest BCUT2D eigenvalue weighted by Crippen LogP contribution is -2.03. The van der Waals surface area contributed by atoms with Gasteiger partial charge in [-0.3, -0.25) is 4.79 Å². The summed E-state index contributed by atoms with van der Waals surface area (Å²) < 4.78 is 0. The molecule has 1 aromatic heterocycles. The molecule has 0 radical (unpaired) electrons. The van der Waals surface area contributed by atoms with Crippen molar-refractivity contribution in [2.24, 2.45) is 0 Å². The number of aryl methyl sites for hydroxylation is 1. The van der Waals surface area contributed by atoms with Gasteiger partial charge in [0.15, 0.2) is 0 Å². The third-order valence-electron chi connectivity index (χ3n) is 5.62. The zero-order valence-corrected chi connectivity index (χ0v) is 19.8. The normalized spacial score (nSPS) is 13.0. The number of nitrogens with one attached hydrogen (secondary N) is 3. The third-order valence-corrected chi connectivity index (χ3v) is 5.62. The van der Waals surface area contributed by atoms with E-state index in [-0.39, 0.29) is 5.91 Å². The monoisotopic (exact) mass is 447 g/mol. The Kier molecular flexibility index (Phi) is 6.79. The molecule has 0 fully saturated rings. The number of aromatic nitrogens is 1. The molecule has 1 aliphatic heterocycles. The van der Waals surface area contributed by atoms with E-state index in [4.69, 9.17) is 0 Å². The summed E-state index contributed by atoms with van der Waals surface area (Å²) in [6.45, 7) is 10.3. The minimum absolute atomic E-state index is 0.0934. The van der Waals surface area contributed by atoms with E-state index >= 15 is 0 Å². The molecule has 3 aromatic carbocycles.